The van der Waals surface area contributed by atoms with E-state index in [0.717, 1.165) is 12.2 Å². The molecule has 2 heterocycles. The van der Waals surface area contributed by atoms with Crippen molar-refractivity contribution < 1.29 is 4.79 Å². The van der Waals surface area contributed by atoms with E-state index in [1.54, 1.807) is 12.1 Å². The second-order valence-corrected chi connectivity index (χ2v) is 5.85. The number of halogens is 2. The Bertz CT molecular complexity index is 422. The molecule has 1 aromatic rings. The summed E-state index contributed by atoms with van der Waals surface area (Å²) >= 11 is 13.6. The number of aromatic nitrogens is 1. The Balaban J connectivity index is 1.96. The van der Waals surface area contributed by atoms with Gasteiger partial charge in [-0.15, -0.1) is 0 Å². The van der Waals surface area contributed by atoms with Gasteiger partial charge < -0.3 is 5.32 Å². The smallest absolute Gasteiger partial charge is 0.271 e. The highest BCUT2D eigenvalue weighted by Crippen LogP contribution is 2.23. The van der Waals surface area contributed by atoms with Crippen molar-refractivity contribution in [3.8, 4) is 0 Å². The number of hydrogen-bond donors (Lipinski definition) is 1. The summed E-state index contributed by atoms with van der Waals surface area (Å²) in [6.45, 7) is 0.677. The predicted octanol–water partition coefficient (Wildman–Crippen LogP) is 2.87. The normalized spacial score (nSPS) is 19.3. The minimum absolute atomic E-state index is 0.199. The fourth-order valence-corrected chi connectivity index (χ4v) is 3.27. The van der Waals surface area contributed by atoms with Crippen LogP contribution in [0, 0.1) is 5.92 Å². The number of hydrogen-bond acceptors (Lipinski definition) is 3. The molecule has 1 fully saturated rings. The molecule has 1 amide bonds. The Morgan fingerprint density at radius 2 is 2.35 bits per heavy atom. The third-order valence-electron chi connectivity index (χ3n) is 2.60. The molecule has 0 saturated carbocycles. The van der Waals surface area contributed by atoms with Crippen LogP contribution in [0.1, 0.15) is 16.9 Å². The quantitative estimate of drug-likeness (QED) is 0.871. The Morgan fingerprint density at radius 1 is 1.53 bits per heavy atom. The average Bonchev–Trinajstić information content (AvgIpc) is 2.82. The second kappa shape index (κ2) is 5.94. The molecule has 1 saturated heterocycles. The van der Waals surface area contributed by atoms with Gasteiger partial charge >= 0.3 is 0 Å². The van der Waals surface area contributed by atoms with Crippen molar-refractivity contribution in [3.05, 3.63) is 28.0 Å². The highest BCUT2D eigenvalue weighted by molar-refractivity contribution is 7.99. The zero-order valence-electron chi connectivity index (χ0n) is 9.08. The molecule has 17 heavy (non-hydrogen) atoms. The van der Waals surface area contributed by atoms with Gasteiger partial charge in [0.05, 0.1) is 5.02 Å². The van der Waals surface area contributed by atoms with Crippen LogP contribution in [-0.4, -0.2) is 28.9 Å². The van der Waals surface area contributed by atoms with E-state index >= 15 is 0 Å². The summed E-state index contributed by atoms with van der Waals surface area (Å²) in [5, 5.41) is 3.45. The topological polar surface area (TPSA) is 42.0 Å². The number of carbonyl (C=O) groups excluding carboxylic acids is 1. The van der Waals surface area contributed by atoms with E-state index in [0.29, 0.717) is 17.5 Å². The summed E-state index contributed by atoms with van der Waals surface area (Å²) in [5.41, 5.74) is 0.199. The van der Waals surface area contributed by atoms with Crippen molar-refractivity contribution in [3.63, 3.8) is 0 Å². The molecule has 1 aliphatic rings. The van der Waals surface area contributed by atoms with Crippen molar-refractivity contribution in [2.75, 3.05) is 18.1 Å². The lowest BCUT2D eigenvalue weighted by atomic mass is 10.1. The molecule has 0 spiro atoms. The Labute approximate surface area is 114 Å². The fourth-order valence-electron chi connectivity index (χ4n) is 1.64. The number of rotatable bonds is 3. The molecule has 1 aromatic heterocycles. The fraction of sp³-hybridized carbons (Fsp3) is 0.455. The third-order valence-corrected chi connectivity index (χ3v) is 4.35. The van der Waals surface area contributed by atoms with Gasteiger partial charge in [0, 0.05) is 6.54 Å². The van der Waals surface area contributed by atoms with Crippen molar-refractivity contribution in [1.29, 1.82) is 0 Å². The van der Waals surface area contributed by atoms with E-state index in [1.165, 1.54) is 5.75 Å². The van der Waals surface area contributed by atoms with Gasteiger partial charge in [-0.3, -0.25) is 4.79 Å². The van der Waals surface area contributed by atoms with Gasteiger partial charge in [-0.25, -0.2) is 4.98 Å². The van der Waals surface area contributed by atoms with E-state index in [1.807, 2.05) is 11.8 Å². The average molecular weight is 291 g/mol. The largest absolute Gasteiger partial charge is 0.350 e. The molecule has 3 nitrogen and oxygen atoms in total. The van der Waals surface area contributed by atoms with Gasteiger partial charge in [-0.2, -0.15) is 11.8 Å². The van der Waals surface area contributed by atoms with Crippen LogP contribution in [0.2, 0.25) is 10.2 Å². The van der Waals surface area contributed by atoms with Crippen molar-refractivity contribution in [1.82, 2.24) is 10.3 Å². The van der Waals surface area contributed by atoms with Gasteiger partial charge in [-0.05, 0) is 36.0 Å². The van der Waals surface area contributed by atoms with Gasteiger partial charge in [0.2, 0.25) is 0 Å². The van der Waals surface area contributed by atoms with Crippen LogP contribution >= 0.6 is 35.0 Å². The van der Waals surface area contributed by atoms with Crippen LogP contribution in [0.15, 0.2) is 12.1 Å². The van der Waals surface area contributed by atoms with E-state index in [9.17, 15) is 4.79 Å². The molecule has 1 atom stereocenters. The molecular weight excluding hydrogens is 279 g/mol. The second-order valence-electron chi connectivity index (χ2n) is 3.90. The van der Waals surface area contributed by atoms with Crippen molar-refractivity contribution in [2.24, 2.45) is 5.92 Å². The minimum atomic E-state index is -0.255. The molecule has 92 valence electrons. The van der Waals surface area contributed by atoms with Crippen molar-refractivity contribution >= 4 is 40.9 Å². The number of nitrogens with one attached hydrogen (secondary N) is 1. The van der Waals surface area contributed by atoms with Crippen LogP contribution in [0.4, 0.5) is 0 Å². The first-order chi connectivity index (χ1) is 8.16. The maximum Gasteiger partial charge on any atom is 0.271 e. The van der Waals surface area contributed by atoms with Gasteiger partial charge in [0.1, 0.15) is 10.8 Å². The van der Waals surface area contributed by atoms with Crippen LogP contribution in [0.5, 0.6) is 0 Å². The lowest BCUT2D eigenvalue weighted by molar-refractivity contribution is 0.0943. The maximum atomic E-state index is 11.9. The molecule has 2 rings (SSSR count). The van der Waals surface area contributed by atoms with Gasteiger partial charge in [-0.1, -0.05) is 23.2 Å². The summed E-state index contributed by atoms with van der Waals surface area (Å²) in [5.74, 6) is 2.59. The minimum Gasteiger partial charge on any atom is -0.350 e. The standard InChI is InChI=1S/C11H12Cl2N2OS/c12-8-1-2-9(13)15-10(8)11(16)14-5-7-3-4-17-6-7/h1-2,7H,3-6H2,(H,14,16). The predicted molar refractivity (Wildman–Crippen MR) is 72.0 cm³/mol. The Hall–Kier alpha value is -0.450. The van der Waals surface area contributed by atoms with E-state index in [4.69, 9.17) is 23.2 Å². The van der Waals surface area contributed by atoms with E-state index < -0.39 is 0 Å². The number of carbonyl (C=O) groups is 1. The highest BCUT2D eigenvalue weighted by Gasteiger charge is 2.18. The lowest BCUT2D eigenvalue weighted by Crippen LogP contribution is -2.30. The molecule has 1 N–H and O–H groups in total. The highest BCUT2D eigenvalue weighted by atomic mass is 35.5. The summed E-state index contributed by atoms with van der Waals surface area (Å²) in [6, 6.07) is 3.14. The molecular formula is C11H12Cl2N2OS. The molecule has 0 aromatic carbocycles. The third kappa shape index (κ3) is 3.50. The SMILES string of the molecule is O=C(NCC1CCSC1)c1nc(Cl)ccc1Cl. The summed E-state index contributed by atoms with van der Waals surface area (Å²) in [6.07, 6.45) is 1.15. The van der Waals surface area contributed by atoms with E-state index in [-0.39, 0.29) is 16.8 Å². The monoisotopic (exact) mass is 290 g/mol. The Morgan fingerprint density at radius 3 is 3.06 bits per heavy atom. The van der Waals surface area contributed by atoms with Crippen LogP contribution in [0.3, 0.4) is 0 Å². The first-order valence-corrected chi connectivity index (χ1v) is 7.26. The summed E-state index contributed by atoms with van der Waals surface area (Å²) in [4.78, 5) is 15.8. The molecule has 1 aliphatic heterocycles. The first-order valence-electron chi connectivity index (χ1n) is 5.35. The zero-order valence-corrected chi connectivity index (χ0v) is 11.4. The number of amides is 1. The molecule has 6 heteroatoms. The maximum absolute atomic E-state index is 11.9. The van der Waals surface area contributed by atoms with Crippen LogP contribution in [0.25, 0.3) is 0 Å². The Kier molecular flexibility index (Phi) is 4.54. The number of thioether (sulfide) groups is 1. The molecule has 1 unspecified atom stereocenters. The molecule has 0 bridgehead atoms. The van der Waals surface area contributed by atoms with Crippen LogP contribution in [-0.2, 0) is 0 Å². The van der Waals surface area contributed by atoms with Crippen LogP contribution < -0.4 is 5.32 Å². The molecule has 0 radical (unpaired) electrons. The molecule has 0 aliphatic carbocycles. The number of pyridine rings is 1. The van der Waals surface area contributed by atoms with Crippen molar-refractivity contribution in [2.45, 2.75) is 6.42 Å². The summed E-state index contributed by atoms with van der Waals surface area (Å²) < 4.78 is 0. The van der Waals surface area contributed by atoms with Gasteiger partial charge in [0.25, 0.3) is 5.91 Å². The zero-order chi connectivity index (χ0) is 12.3. The van der Waals surface area contributed by atoms with E-state index in [2.05, 4.69) is 10.3 Å². The van der Waals surface area contributed by atoms with Gasteiger partial charge in [0.15, 0.2) is 0 Å². The first kappa shape index (κ1) is 13.0. The summed E-state index contributed by atoms with van der Waals surface area (Å²) in [7, 11) is 0. The number of nitrogens with zero attached hydrogens (tertiary/aromatic N) is 1. The lowest BCUT2D eigenvalue weighted by Gasteiger charge is -2.10.